The molecule has 0 aromatic heterocycles. The van der Waals surface area contributed by atoms with E-state index in [1.165, 1.54) is 57.8 Å². The molecule has 0 radical (unpaired) electrons. The smallest absolute Gasteiger partial charge is 0.0964 e. The number of hydrogen-bond acceptors (Lipinski definition) is 2. The summed E-state index contributed by atoms with van der Waals surface area (Å²) >= 11 is 0. The third-order valence-corrected chi connectivity index (χ3v) is 14.7. The second-order valence-electron chi connectivity index (χ2n) is 15.3. The van der Waals surface area contributed by atoms with Crippen LogP contribution in [0.15, 0.2) is 0 Å². The van der Waals surface area contributed by atoms with Crippen LogP contribution in [0.4, 0.5) is 0 Å². The molecule has 33 heavy (non-hydrogen) atoms. The molecule has 0 aliphatic heterocycles. The third-order valence-electron chi connectivity index (χ3n) is 14.7. The standard InChI is InChI=1S/C31H54O2/c1-20(2)21-10-11-22-26(21,3)16-18-29(6)24-14-15-30(7)23(12-13-25(32)31(30,8)33-9)27(24,4)17-19-28(22,29)5/h20-25,32H,10-19H2,1-9H3/t21-,22-,23+,24+,25-,26-,27+,28+,29-,30+,31-/m1/s1. The Kier molecular flexibility index (Phi) is 5.40. The molecule has 0 unspecified atom stereocenters. The van der Waals surface area contributed by atoms with Crippen molar-refractivity contribution in [3.8, 4) is 0 Å². The first kappa shape index (κ1) is 24.6. The number of fused-ring (bicyclic) bond motifs is 7. The number of ether oxygens (including phenoxy) is 1. The van der Waals surface area contributed by atoms with E-state index in [1.807, 2.05) is 7.11 Å². The van der Waals surface area contributed by atoms with Crippen molar-refractivity contribution in [1.29, 1.82) is 0 Å². The molecule has 2 nitrogen and oxygen atoms in total. The maximum Gasteiger partial charge on any atom is 0.0964 e. The van der Waals surface area contributed by atoms with Gasteiger partial charge in [-0.15, -0.1) is 0 Å². The summed E-state index contributed by atoms with van der Waals surface area (Å²) in [5.41, 5.74) is 1.46. The number of rotatable bonds is 2. The maximum absolute atomic E-state index is 11.1. The van der Waals surface area contributed by atoms with E-state index in [1.54, 1.807) is 0 Å². The van der Waals surface area contributed by atoms with Gasteiger partial charge in [-0.1, -0.05) is 48.5 Å². The molecule has 0 bridgehead atoms. The van der Waals surface area contributed by atoms with E-state index in [9.17, 15) is 5.11 Å². The summed E-state index contributed by atoms with van der Waals surface area (Å²) in [6.45, 7) is 20.5. The van der Waals surface area contributed by atoms with Crippen LogP contribution in [0.25, 0.3) is 0 Å². The number of aliphatic hydroxyl groups excluding tert-OH is 1. The molecule has 0 spiro atoms. The Morgan fingerprint density at radius 2 is 1.15 bits per heavy atom. The van der Waals surface area contributed by atoms with Gasteiger partial charge in [0.2, 0.25) is 0 Å². The molecule has 0 aromatic rings. The highest BCUT2D eigenvalue weighted by Gasteiger charge is 2.73. The van der Waals surface area contributed by atoms with Gasteiger partial charge >= 0.3 is 0 Å². The molecule has 0 heterocycles. The van der Waals surface area contributed by atoms with Crippen LogP contribution in [-0.2, 0) is 4.74 Å². The molecule has 0 amide bonds. The first-order valence-corrected chi connectivity index (χ1v) is 14.5. The molecule has 5 rings (SSSR count). The van der Waals surface area contributed by atoms with Gasteiger partial charge in [-0.3, -0.25) is 0 Å². The van der Waals surface area contributed by atoms with Crippen LogP contribution in [0.2, 0.25) is 0 Å². The first-order chi connectivity index (χ1) is 15.2. The Bertz CT molecular complexity index is 792. The van der Waals surface area contributed by atoms with Crippen molar-refractivity contribution >= 4 is 0 Å². The molecular weight excluding hydrogens is 404 g/mol. The Morgan fingerprint density at radius 1 is 0.636 bits per heavy atom. The average molecular weight is 459 g/mol. The Morgan fingerprint density at radius 3 is 1.73 bits per heavy atom. The van der Waals surface area contributed by atoms with Crippen LogP contribution in [0.1, 0.15) is 120 Å². The molecule has 0 saturated heterocycles. The maximum atomic E-state index is 11.1. The minimum Gasteiger partial charge on any atom is -0.390 e. The summed E-state index contributed by atoms with van der Waals surface area (Å²) in [4.78, 5) is 0. The minimum atomic E-state index is -0.424. The summed E-state index contributed by atoms with van der Waals surface area (Å²) in [6, 6.07) is 0. The van der Waals surface area contributed by atoms with Gasteiger partial charge in [-0.25, -0.2) is 0 Å². The number of hydrogen-bond donors (Lipinski definition) is 1. The SMILES string of the molecule is CO[C@]1(C)[C@H](O)CC[C@H]2[C@]3(C)CC[C@@]4(C)[C@@H]5CC[C@H](C(C)C)[C@@]5(C)CC[C@]4(C)[C@H]3CC[C@@]21C. The Balaban J connectivity index is 1.53. The van der Waals surface area contributed by atoms with Gasteiger partial charge in [0.1, 0.15) is 0 Å². The van der Waals surface area contributed by atoms with Crippen molar-refractivity contribution in [3.05, 3.63) is 0 Å². The highest BCUT2D eigenvalue weighted by Crippen LogP contribution is 2.79. The summed E-state index contributed by atoms with van der Waals surface area (Å²) < 4.78 is 6.19. The van der Waals surface area contributed by atoms with Gasteiger partial charge in [-0.2, -0.15) is 0 Å². The molecule has 11 atom stereocenters. The zero-order chi connectivity index (χ0) is 24.2. The number of methoxy groups -OCH3 is 1. The van der Waals surface area contributed by atoms with Crippen LogP contribution in [0, 0.1) is 56.7 Å². The lowest BCUT2D eigenvalue weighted by Crippen LogP contribution is -2.70. The Hall–Kier alpha value is -0.0800. The molecule has 5 saturated carbocycles. The third kappa shape index (κ3) is 2.70. The second-order valence-corrected chi connectivity index (χ2v) is 15.3. The lowest BCUT2D eigenvalue weighted by Gasteiger charge is -2.74. The van der Waals surface area contributed by atoms with Crippen molar-refractivity contribution in [2.24, 2.45) is 56.7 Å². The van der Waals surface area contributed by atoms with Crippen LogP contribution < -0.4 is 0 Å². The first-order valence-electron chi connectivity index (χ1n) is 14.5. The van der Waals surface area contributed by atoms with Crippen molar-refractivity contribution in [2.45, 2.75) is 131 Å². The van der Waals surface area contributed by atoms with Crippen LogP contribution in [0.3, 0.4) is 0 Å². The molecular formula is C31H54O2. The average Bonchev–Trinajstić information content (AvgIpc) is 3.11. The number of aliphatic hydroxyl groups is 1. The van der Waals surface area contributed by atoms with E-state index < -0.39 is 5.60 Å². The quantitative estimate of drug-likeness (QED) is 0.456. The molecule has 5 aliphatic rings. The van der Waals surface area contributed by atoms with Gasteiger partial charge in [0.15, 0.2) is 0 Å². The molecule has 1 N–H and O–H groups in total. The van der Waals surface area contributed by atoms with Crippen LogP contribution in [0.5, 0.6) is 0 Å². The minimum absolute atomic E-state index is 0.0635. The van der Waals surface area contributed by atoms with Crippen LogP contribution >= 0.6 is 0 Å². The van der Waals surface area contributed by atoms with Gasteiger partial charge in [0.25, 0.3) is 0 Å². The summed E-state index contributed by atoms with van der Waals surface area (Å²) in [5, 5.41) is 11.1. The van der Waals surface area contributed by atoms with E-state index in [4.69, 9.17) is 4.74 Å². The van der Waals surface area contributed by atoms with E-state index in [0.717, 1.165) is 30.1 Å². The van der Waals surface area contributed by atoms with Gasteiger partial charge in [-0.05, 0) is 122 Å². The highest BCUT2D eigenvalue weighted by atomic mass is 16.5. The van der Waals surface area contributed by atoms with E-state index >= 15 is 0 Å². The predicted molar refractivity (Wildman–Crippen MR) is 137 cm³/mol. The fourth-order valence-corrected chi connectivity index (χ4v) is 12.4. The van der Waals surface area contributed by atoms with Gasteiger partial charge < -0.3 is 9.84 Å². The van der Waals surface area contributed by atoms with E-state index in [-0.39, 0.29) is 11.5 Å². The normalized spacial score (nSPS) is 60.6. The monoisotopic (exact) mass is 458 g/mol. The predicted octanol–water partition coefficient (Wildman–Crippen LogP) is 7.87. The fourth-order valence-electron chi connectivity index (χ4n) is 12.4. The van der Waals surface area contributed by atoms with Gasteiger partial charge in [0, 0.05) is 12.5 Å². The molecule has 0 aromatic carbocycles. The Labute approximate surface area is 205 Å². The second kappa shape index (κ2) is 7.24. The van der Waals surface area contributed by atoms with Crippen molar-refractivity contribution in [2.75, 3.05) is 7.11 Å². The van der Waals surface area contributed by atoms with Crippen molar-refractivity contribution in [3.63, 3.8) is 0 Å². The fraction of sp³-hybridized carbons (Fsp3) is 1.00. The lowest BCUT2D eigenvalue weighted by molar-refractivity contribution is -0.288. The summed E-state index contributed by atoms with van der Waals surface area (Å²) in [5.74, 6) is 4.08. The van der Waals surface area contributed by atoms with E-state index in [2.05, 4.69) is 55.4 Å². The molecule has 2 heteroatoms. The van der Waals surface area contributed by atoms with Crippen LogP contribution in [-0.4, -0.2) is 23.9 Å². The highest BCUT2D eigenvalue weighted by molar-refractivity contribution is 5.22. The molecule has 5 aliphatic carbocycles. The lowest BCUT2D eigenvalue weighted by atomic mass is 9.31. The molecule has 5 fully saturated rings. The van der Waals surface area contributed by atoms with Gasteiger partial charge in [0.05, 0.1) is 11.7 Å². The summed E-state index contributed by atoms with van der Waals surface area (Å²) in [6.07, 6.45) is 12.8. The molecule has 190 valence electrons. The van der Waals surface area contributed by atoms with Crippen molar-refractivity contribution in [1.82, 2.24) is 0 Å². The summed E-state index contributed by atoms with van der Waals surface area (Å²) in [7, 11) is 1.84. The zero-order valence-corrected chi connectivity index (χ0v) is 23.4. The topological polar surface area (TPSA) is 29.5 Å². The largest absolute Gasteiger partial charge is 0.390 e. The van der Waals surface area contributed by atoms with Crippen molar-refractivity contribution < 1.29 is 9.84 Å². The van der Waals surface area contributed by atoms with E-state index in [0.29, 0.717) is 27.6 Å². The zero-order valence-electron chi connectivity index (χ0n) is 23.4.